The minimum Gasteiger partial charge on any atom is -0.492 e. The summed E-state index contributed by atoms with van der Waals surface area (Å²) in [5, 5.41) is 2.75. The van der Waals surface area contributed by atoms with Crippen LogP contribution in [0.4, 0.5) is 0 Å². The lowest BCUT2D eigenvalue weighted by atomic mass is 9.98. The molecule has 124 valence electrons. The lowest BCUT2D eigenvalue weighted by molar-refractivity contribution is 0.0918. The summed E-state index contributed by atoms with van der Waals surface area (Å²) in [6, 6.07) is 9.38. The first-order valence-corrected chi connectivity index (χ1v) is 8.21. The monoisotopic (exact) mass is 335 g/mol. The van der Waals surface area contributed by atoms with Gasteiger partial charge in [-0.25, -0.2) is 0 Å². The van der Waals surface area contributed by atoms with Gasteiger partial charge in [-0.1, -0.05) is 19.9 Å². The van der Waals surface area contributed by atoms with Gasteiger partial charge in [0.1, 0.15) is 18.1 Å². The molecule has 0 saturated carbocycles. The highest BCUT2D eigenvalue weighted by Crippen LogP contribution is 2.23. The highest BCUT2D eigenvalue weighted by Gasteiger charge is 2.10. The maximum Gasteiger partial charge on any atom is 0.287 e. The normalized spacial score (nSPS) is 10.8. The average molecular weight is 336 g/mol. The van der Waals surface area contributed by atoms with E-state index >= 15 is 0 Å². The molecule has 2 aromatic rings. The quantitative estimate of drug-likeness (QED) is 0.607. The Bertz CT molecular complexity index is 664. The van der Waals surface area contributed by atoms with Crippen LogP contribution in [-0.2, 0) is 5.88 Å². The Morgan fingerprint density at radius 2 is 2.09 bits per heavy atom. The molecule has 0 aliphatic carbocycles. The molecule has 0 radical (unpaired) electrons. The number of alkyl halides is 1. The Morgan fingerprint density at radius 1 is 1.30 bits per heavy atom. The number of nitrogens with one attached hydrogen (secondary N) is 1. The highest BCUT2D eigenvalue weighted by atomic mass is 35.5. The van der Waals surface area contributed by atoms with E-state index in [0.29, 0.717) is 24.8 Å². The van der Waals surface area contributed by atoms with Gasteiger partial charge in [-0.05, 0) is 48.2 Å². The molecule has 0 unspecified atom stereocenters. The molecule has 1 aromatic heterocycles. The van der Waals surface area contributed by atoms with Crippen molar-refractivity contribution in [1.29, 1.82) is 0 Å². The zero-order chi connectivity index (χ0) is 16.8. The van der Waals surface area contributed by atoms with E-state index in [9.17, 15) is 4.79 Å². The molecule has 0 bridgehead atoms. The molecular weight excluding hydrogens is 314 g/mol. The minimum absolute atomic E-state index is 0.252. The number of benzene rings is 1. The number of furan rings is 1. The van der Waals surface area contributed by atoms with Gasteiger partial charge in [0, 0.05) is 0 Å². The average Bonchev–Trinajstić information content (AvgIpc) is 3.00. The van der Waals surface area contributed by atoms with Crippen LogP contribution in [0.1, 0.15) is 47.2 Å². The van der Waals surface area contributed by atoms with Gasteiger partial charge in [0.15, 0.2) is 5.76 Å². The summed E-state index contributed by atoms with van der Waals surface area (Å²) in [5.74, 6) is 2.13. The van der Waals surface area contributed by atoms with E-state index in [1.807, 2.05) is 12.1 Å². The molecule has 0 fully saturated rings. The second kappa shape index (κ2) is 8.06. The number of halogens is 1. The summed E-state index contributed by atoms with van der Waals surface area (Å²) in [4.78, 5) is 11.9. The van der Waals surface area contributed by atoms with Crippen LogP contribution >= 0.6 is 11.6 Å². The fourth-order valence-electron chi connectivity index (χ4n) is 2.38. The first-order chi connectivity index (χ1) is 11.0. The number of carbonyl (C=O) groups excluding carboxylic acids is 1. The van der Waals surface area contributed by atoms with Gasteiger partial charge >= 0.3 is 0 Å². The summed E-state index contributed by atoms with van der Waals surface area (Å²) in [6.45, 7) is 7.22. The maximum absolute atomic E-state index is 11.9. The number of hydrogen-bond donors (Lipinski definition) is 1. The Labute approximate surface area is 141 Å². The van der Waals surface area contributed by atoms with Gasteiger partial charge in [0.05, 0.1) is 12.4 Å². The smallest absolute Gasteiger partial charge is 0.287 e. The van der Waals surface area contributed by atoms with Gasteiger partial charge in [-0.15, -0.1) is 11.6 Å². The van der Waals surface area contributed by atoms with Gasteiger partial charge < -0.3 is 14.5 Å². The van der Waals surface area contributed by atoms with E-state index in [4.69, 9.17) is 20.8 Å². The zero-order valence-corrected chi connectivity index (χ0v) is 14.4. The summed E-state index contributed by atoms with van der Waals surface area (Å²) in [7, 11) is 0. The fraction of sp³-hybridized carbons (Fsp3) is 0.389. The van der Waals surface area contributed by atoms with Gasteiger partial charge in [0.2, 0.25) is 0 Å². The van der Waals surface area contributed by atoms with Crippen LogP contribution < -0.4 is 10.1 Å². The molecule has 0 spiro atoms. The second-order valence-electron chi connectivity index (χ2n) is 5.68. The van der Waals surface area contributed by atoms with Crippen LogP contribution in [0, 0.1) is 6.92 Å². The van der Waals surface area contributed by atoms with E-state index in [-0.39, 0.29) is 17.5 Å². The number of ether oxygens (including phenoxy) is 1. The molecule has 5 heteroatoms. The van der Waals surface area contributed by atoms with Gasteiger partial charge in [0.25, 0.3) is 5.91 Å². The number of amides is 1. The third-order valence-corrected chi connectivity index (χ3v) is 3.80. The SMILES string of the molecule is Cc1cc(OCCNC(=O)c2ccc(CCl)o2)ccc1C(C)C. The van der Waals surface area contributed by atoms with Crippen LogP contribution in [0.15, 0.2) is 34.7 Å². The highest BCUT2D eigenvalue weighted by molar-refractivity contribution is 6.16. The van der Waals surface area contributed by atoms with Gasteiger partial charge in [-0.3, -0.25) is 4.79 Å². The lowest BCUT2D eigenvalue weighted by Gasteiger charge is -2.12. The van der Waals surface area contributed by atoms with E-state index in [2.05, 4.69) is 32.2 Å². The largest absolute Gasteiger partial charge is 0.492 e. The molecular formula is C18H22ClNO3. The van der Waals surface area contributed by atoms with Crippen LogP contribution in [0.2, 0.25) is 0 Å². The molecule has 0 saturated heterocycles. The summed E-state index contributed by atoms with van der Waals surface area (Å²) in [5.41, 5.74) is 2.53. The van der Waals surface area contributed by atoms with Crippen molar-refractivity contribution in [2.45, 2.75) is 32.6 Å². The van der Waals surface area contributed by atoms with E-state index in [1.165, 1.54) is 11.1 Å². The lowest BCUT2D eigenvalue weighted by Crippen LogP contribution is -2.27. The maximum atomic E-state index is 11.9. The molecule has 1 aromatic carbocycles. The first-order valence-electron chi connectivity index (χ1n) is 7.67. The van der Waals surface area contributed by atoms with E-state index in [0.717, 1.165) is 5.75 Å². The number of rotatable bonds is 7. The Kier molecular flexibility index (Phi) is 6.11. The fourth-order valence-corrected chi connectivity index (χ4v) is 2.52. The molecule has 0 aliphatic heterocycles. The third-order valence-electron chi connectivity index (χ3n) is 3.54. The molecule has 1 N–H and O–H groups in total. The Morgan fingerprint density at radius 3 is 2.70 bits per heavy atom. The van der Waals surface area contributed by atoms with Crippen molar-refractivity contribution in [2.75, 3.05) is 13.2 Å². The number of carbonyl (C=O) groups is 1. The van der Waals surface area contributed by atoms with Crippen molar-refractivity contribution in [3.8, 4) is 5.75 Å². The predicted octanol–water partition coefficient (Wildman–Crippen LogP) is 4.26. The molecule has 0 atom stereocenters. The van der Waals surface area contributed by atoms with Crippen LogP contribution in [0.25, 0.3) is 0 Å². The molecule has 1 amide bonds. The van der Waals surface area contributed by atoms with E-state index < -0.39 is 0 Å². The van der Waals surface area contributed by atoms with Crippen molar-refractivity contribution in [3.05, 3.63) is 53.0 Å². The van der Waals surface area contributed by atoms with E-state index in [1.54, 1.807) is 12.1 Å². The van der Waals surface area contributed by atoms with Crippen molar-refractivity contribution in [1.82, 2.24) is 5.32 Å². The first kappa shape index (κ1) is 17.4. The predicted molar refractivity (Wildman–Crippen MR) is 91.4 cm³/mol. The van der Waals surface area contributed by atoms with Crippen molar-refractivity contribution in [2.24, 2.45) is 0 Å². The summed E-state index contributed by atoms with van der Waals surface area (Å²) >= 11 is 5.64. The van der Waals surface area contributed by atoms with Crippen LogP contribution in [0.3, 0.4) is 0 Å². The van der Waals surface area contributed by atoms with Crippen molar-refractivity contribution < 1.29 is 13.9 Å². The molecule has 1 heterocycles. The minimum atomic E-state index is -0.267. The Balaban J connectivity index is 1.79. The van der Waals surface area contributed by atoms with Crippen molar-refractivity contribution in [3.63, 3.8) is 0 Å². The molecule has 23 heavy (non-hydrogen) atoms. The third kappa shape index (κ3) is 4.76. The number of aryl methyl sites for hydroxylation is 1. The topological polar surface area (TPSA) is 51.5 Å². The Hall–Kier alpha value is -1.94. The van der Waals surface area contributed by atoms with Gasteiger partial charge in [-0.2, -0.15) is 0 Å². The van der Waals surface area contributed by atoms with Crippen molar-refractivity contribution >= 4 is 17.5 Å². The van der Waals surface area contributed by atoms with Crippen LogP contribution in [0.5, 0.6) is 5.75 Å². The second-order valence-corrected chi connectivity index (χ2v) is 5.94. The zero-order valence-electron chi connectivity index (χ0n) is 13.7. The molecule has 4 nitrogen and oxygen atoms in total. The molecule has 0 aliphatic rings. The molecule has 2 rings (SSSR count). The number of hydrogen-bond acceptors (Lipinski definition) is 3. The standard InChI is InChI=1S/C18H22ClNO3/c1-12(2)16-6-4-14(10-13(16)3)22-9-8-20-18(21)17-7-5-15(11-19)23-17/h4-7,10,12H,8-9,11H2,1-3H3,(H,20,21). The van der Waals surface area contributed by atoms with Crippen LogP contribution in [-0.4, -0.2) is 19.1 Å². The summed E-state index contributed by atoms with van der Waals surface area (Å²) < 4.78 is 10.9. The summed E-state index contributed by atoms with van der Waals surface area (Å²) in [6.07, 6.45) is 0.